The van der Waals surface area contributed by atoms with Crippen LogP contribution < -0.4 is 5.32 Å². The molecule has 0 heterocycles. The largest absolute Gasteiger partial charge is 0.354 e. The van der Waals surface area contributed by atoms with Gasteiger partial charge in [0.05, 0.1) is 12.8 Å². The average Bonchev–Trinajstić information content (AvgIpc) is 2.62. The molecule has 1 amide bonds. The van der Waals surface area contributed by atoms with Gasteiger partial charge in [-0.15, -0.1) is 0 Å². The van der Waals surface area contributed by atoms with Gasteiger partial charge in [-0.3, -0.25) is 4.79 Å². The molecule has 0 aliphatic rings. The fourth-order valence-electron chi connectivity index (χ4n) is 2.58. The molecule has 5 nitrogen and oxygen atoms in total. The van der Waals surface area contributed by atoms with Crippen LogP contribution in [0.3, 0.4) is 0 Å². The van der Waals surface area contributed by atoms with E-state index in [0.717, 1.165) is 16.3 Å². The van der Waals surface area contributed by atoms with E-state index in [-0.39, 0.29) is 18.7 Å². The number of rotatable bonds is 10. The van der Waals surface area contributed by atoms with Gasteiger partial charge < -0.3 is 5.32 Å². The lowest BCUT2D eigenvalue weighted by Gasteiger charge is -2.20. The van der Waals surface area contributed by atoms with Gasteiger partial charge in [0.1, 0.15) is 5.82 Å². The van der Waals surface area contributed by atoms with E-state index in [2.05, 4.69) is 17.4 Å². The normalized spacial score (nSPS) is 11.6. The number of carbonyl (C=O) groups is 1. The molecule has 0 radical (unpaired) electrons. The Kier molecular flexibility index (Phi) is 8.47. The minimum atomic E-state index is -3.65. The monoisotopic (exact) mass is 424 g/mol. The number of halogens is 1. The summed E-state index contributed by atoms with van der Waals surface area (Å²) < 4.78 is 38.7. The van der Waals surface area contributed by atoms with Crippen LogP contribution in [-0.4, -0.2) is 43.7 Å². The first-order chi connectivity index (χ1) is 13.3. The van der Waals surface area contributed by atoms with Gasteiger partial charge in [0.25, 0.3) is 0 Å². The quantitative estimate of drug-likeness (QED) is 0.596. The predicted molar refractivity (Wildman–Crippen MR) is 112 cm³/mol. The third kappa shape index (κ3) is 7.61. The third-order valence-corrected chi connectivity index (χ3v) is 6.24. The molecule has 2 aromatic rings. The lowest BCUT2D eigenvalue weighted by Crippen LogP contribution is -2.40. The summed E-state index contributed by atoms with van der Waals surface area (Å²) >= 11 is 1.69. The second kappa shape index (κ2) is 10.6. The summed E-state index contributed by atoms with van der Waals surface area (Å²) in [5, 5.41) is 2.72. The average molecular weight is 425 g/mol. The van der Waals surface area contributed by atoms with Crippen molar-refractivity contribution < 1.29 is 17.6 Å². The molecule has 0 saturated heterocycles. The molecule has 152 valence electrons. The number of nitrogens with zero attached hydrogens (tertiary/aromatic N) is 1. The minimum absolute atomic E-state index is 0.180. The maximum Gasteiger partial charge on any atom is 0.235 e. The summed E-state index contributed by atoms with van der Waals surface area (Å²) in [4.78, 5) is 12.1. The Morgan fingerprint density at radius 2 is 1.93 bits per heavy atom. The van der Waals surface area contributed by atoms with Gasteiger partial charge in [0, 0.05) is 30.2 Å². The number of amides is 1. The van der Waals surface area contributed by atoms with E-state index >= 15 is 0 Å². The highest BCUT2D eigenvalue weighted by atomic mass is 32.2. The van der Waals surface area contributed by atoms with Crippen LogP contribution in [0.2, 0.25) is 0 Å². The van der Waals surface area contributed by atoms with E-state index in [4.69, 9.17) is 0 Å². The van der Waals surface area contributed by atoms with Crippen LogP contribution in [0.15, 0.2) is 48.5 Å². The van der Waals surface area contributed by atoms with Gasteiger partial charge in [0.15, 0.2) is 0 Å². The molecule has 0 aliphatic carbocycles. The number of sulfonamides is 1. The number of benzene rings is 2. The summed E-state index contributed by atoms with van der Waals surface area (Å²) in [5.74, 6) is 0.661. The smallest absolute Gasteiger partial charge is 0.235 e. The van der Waals surface area contributed by atoms with Crippen LogP contribution in [0.1, 0.15) is 16.7 Å². The highest BCUT2D eigenvalue weighted by Gasteiger charge is 2.21. The highest BCUT2D eigenvalue weighted by molar-refractivity contribution is 7.98. The first-order valence-electron chi connectivity index (χ1n) is 8.84. The van der Waals surface area contributed by atoms with Gasteiger partial charge in [-0.05, 0) is 18.6 Å². The van der Waals surface area contributed by atoms with E-state index in [1.54, 1.807) is 17.8 Å². The molecular weight excluding hydrogens is 399 g/mol. The number of aryl methyl sites for hydroxylation is 1. The molecule has 1 N–H and O–H groups in total. The van der Waals surface area contributed by atoms with Gasteiger partial charge >= 0.3 is 0 Å². The third-order valence-electron chi connectivity index (χ3n) is 4.01. The molecule has 0 aromatic heterocycles. The van der Waals surface area contributed by atoms with E-state index in [1.165, 1.54) is 29.3 Å². The molecule has 28 heavy (non-hydrogen) atoms. The molecule has 0 aliphatic heterocycles. The zero-order chi connectivity index (χ0) is 20.6. The second-order valence-corrected chi connectivity index (χ2v) is 9.60. The maximum atomic E-state index is 13.8. The second-order valence-electron chi connectivity index (χ2n) is 6.51. The zero-order valence-electron chi connectivity index (χ0n) is 16.0. The van der Waals surface area contributed by atoms with Crippen molar-refractivity contribution >= 4 is 27.7 Å². The van der Waals surface area contributed by atoms with Crippen LogP contribution in [0.4, 0.5) is 4.39 Å². The molecule has 2 aromatic carbocycles. The van der Waals surface area contributed by atoms with Crippen molar-refractivity contribution in [2.75, 3.05) is 25.1 Å². The molecular formula is C20H25FN2O3S2. The highest BCUT2D eigenvalue weighted by Crippen LogP contribution is 2.14. The van der Waals surface area contributed by atoms with Gasteiger partial charge in [-0.25, -0.2) is 12.8 Å². The van der Waals surface area contributed by atoms with Crippen molar-refractivity contribution in [3.05, 3.63) is 71.0 Å². The van der Waals surface area contributed by atoms with Gasteiger partial charge in [0.2, 0.25) is 15.9 Å². The van der Waals surface area contributed by atoms with Crippen molar-refractivity contribution in [3.8, 4) is 0 Å². The maximum absolute atomic E-state index is 13.8. The minimum Gasteiger partial charge on any atom is -0.354 e. The Morgan fingerprint density at radius 1 is 1.18 bits per heavy atom. The number of hydrogen-bond donors (Lipinski definition) is 1. The fourth-order valence-corrected chi connectivity index (χ4v) is 4.11. The summed E-state index contributed by atoms with van der Waals surface area (Å²) in [6, 6.07) is 14.2. The Bertz CT molecular complexity index is 904. The lowest BCUT2D eigenvalue weighted by atomic mass is 10.2. The van der Waals surface area contributed by atoms with E-state index in [0.29, 0.717) is 12.3 Å². The summed E-state index contributed by atoms with van der Waals surface area (Å²) in [6.07, 6.45) is 1.01. The van der Waals surface area contributed by atoms with Crippen molar-refractivity contribution in [1.29, 1.82) is 0 Å². The first kappa shape index (κ1) is 22.4. The SMILES string of the molecule is Cc1cccc(CSCCNC(=O)CN(Cc2ccccc2F)S(C)(=O)=O)c1. The van der Waals surface area contributed by atoms with Gasteiger partial charge in [-0.2, -0.15) is 16.1 Å². The Balaban J connectivity index is 1.79. The molecule has 0 fully saturated rings. The van der Waals surface area contributed by atoms with E-state index in [9.17, 15) is 17.6 Å². The van der Waals surface area contributed by atoms with E-state index < -0.39 is 21.7 Å². The summed E-state index contributed by atoms with van der Waals surface area (Å²) in [7, 11) is -3.65. The van der Waals surface area contributed by atoms with Gasteiger partial charge in [-0.1, -0.05) is 48.0 Å². The Hall–Kier alpha value is -1.90. The molecule has 0 bridgehead atoms. The zero-order valence-corrected chi connectivity index (χ0v) is 17.7. The fraction of sp³-hybridized carbons (Fsp3) is 0.350. The molecule has 8 heteroatoms. The number of hydrogen-bond acceptors (Lipinski definition) is 4. The summed E-state index contributed by atoms with van der Waals surface area (Å²) in [6.45, 7) is 1.96. The molecule has 0 unspecified atom stereocenters. The standard InChI is InChI=1S/C20H25FN2O3S2/c1-16-6-5-7-17(12-16)15-27-11-10-22-20(24)14-23(28(2,25)26)13-18-8-3-4-9-19(18)21/h3-9,12H,10-11,13-15H2,1-2H3,(H,22,24). The molecule has 0 atom stereocenters. The van der Waals surface area contributed by atoms with Crippen LogP contribution in [-0.2, 0) is 27.1 Å². The van der Waals surface area contributed by atoms with Crippen LogP contribution in [0, 0.1) is 12.7 Å². The van der Waals surface area contributed by atoms with Crippen molar-refractivity contribution in [1.82, 2.24) is 9.62 Å². The number of nitrogens with one attached hydrogen (secondary N) is 1. The van der Waals surface area contributed by atoms with Crippen LogP contribution in [0.5, 0.6) is 0 Å². The number of thioether (sulfide) groups is 1. The Labute approximate surface area is 170 Å². The van der Waals surface area contributed by atoms with Crippen molar-refractivity contribution in [2.24, 2.45) is 0 Å². The lowest BCUT2D eigenvalue weighted by molar-refractivity contribution is -0.121. The molecule has 0 spiro atoms. The van der Waals surface area contributed by atoms with Crippen molar-refractivity contribution in [2.45, 2.75) is 19.2 Å². The van der Waals surface area contributed by atoms with Crippen LogP contribution in [0.25, 0.3) is 0 Å². The Morgan fingerprint density at radius 3 is 2.61 bits per heavy atom. The number of carbonyl (C=O) groups excluding carboxylic acids is 1. The van der Waals surface area contributed by atoms with E-state index in [1.807, 2.05) is 19.1 Å². The molecule has 0 saturated carbocycles. The predicted octanol–water partition coefficient (Wildman–Crippen LogP) is 2.95. The summed E-state index contributed by atoms with van der Waals surface area (Å²) in [5.41, 5.74) is 2.67. The molecule has 2 rings (SSSR count). The van der Waals surface area contributed by atoms with Crippen LogP contribution >= 0.6 is 11.8 Å². The first-order valence-corrected chi connectivity index (χ1v) is 11.8. The topological polar surface area (TPSA) is 66.5 Å². The van der Waals surface area contributed by atoms with Crippen molar-refractivity contribution in [3.63, 3.8) is 0 Å².